The largest absolute Gasteiger partial charge is 0.491 e. The second-order valence-corrected chi connectivity index (χ2v) is 5.10. The number of rotatable bonds is 6. The van der Waals surface area contributed by atoms with Crippen LogP contribution in [-0.4, -0.2) is 11.6 Å². The Morgan fingerprint density at radius 3 is 2.45 bits per heavy atom. The molecular formula is C15H16Cl2N2O. The molecule has 1 aromatic carbocycles. The van der Waals surface area contributed by atoms with Crippen LogP contribution >= 0.6 is 23.2 Å². The molecule has 2 aromatic rings. The second-order valence-electron chi connectivity index (χ2n) is 4.29. The molecule has 0 bridgehead atoms. The van der Waals surface area contributed by atoms with Crippen molar-refractivity contribution in [3.63, 3.8) is 0 Å². The van der Waals surface area contributed by atoms with Crippen LogP contribution in [-0.2, 0) is 13.1 Å². The molecule has 0 radical (unpaired) electrons. The first-order chi connectivity index (χ1) is 9.70. The Balaban J connectivity index is 1.96. The number of benzene rings is 1. The van der Waals surface area contributed by atoms with Crippen LogP contribution in [0.3, 0.4) is 0 Å². The lowest BCUT2D eigenvalue weighted by Crippen LogP contribution is -2.12. The van der Waals surface area contributed by atoms with E-state index in [-0.39, 0.29) is 0 Å². The molecule has 106 valence electrons. The summed E-state index contributed by atoms with van der Waals surface area (Å²) in [6, 6.07) is 7.68. The Morgan fingerprint density at radius 1 is 1.15 bits per heavy atom. The summed E-state index contributed by atoms with van der Waals surface area (Å²) in [4.78, 5) is 4.07. The molecular weight excluding hydrogens is 295 g/mol. The predicted molar refractivity (Wildman–Crippen MR) is 82.4 cm³/mol. The van der Waals surface area contributed by atoms with Gasteiger partial charge in [-0.3, -0.25) is 4.98 Å². The summed E-state index contributed by atoms with van der Waals surface area (Å²) in [5, 5.41) is 4.40. The van der Waals surface area contributed by atoms with E-state index in [2.05, 4.69) is 10.3 Å². The molecule has 0 atom stereocenters. The van der Waals surface area contributed by atoms with Gasteiger partial charge in [-0.2, -0.15) is 0 Å². The van der Waals surface area contributed by atoms with E-state index in [0.29, 0.717) is 28.9 Å². The van der Waals surface area contributed by atoms with Gasteiger partial charge in [0.05, 0.1) is 16.7 Å². The van der Waals surface area contributed by atoms with E-state index in [4.69, 9.17) is 27.9 Å². The molecule has 0 amide bonds. The Hall–Kier alpha value is -1.29. The van der Waals surface area contributed by atoms with Gasteiger partial charge in [0.1, 0.15) is 0 Å². The Bertz CT molecular complexity index is 538. The van der Waals surface area contributed by atoms with Crippen LogP contribution < -0.4 is 10.1 Å². The van der Waals surface area contributed by atoms with E-state index in [0.717, 1.165) is 17.7 Å². The number of hydrogen-bond donors (Lipinski definition) is 1. The number of pyridine rings is 1. The SMILES string of the molecule is CCOc1c(Cl)cc(CNCc2cccnc2)cc1Cl. The summed E-state index contributed by atoms with van der Waals surface area (Å²) in [5.41, 5.74) is 2.16. The molecule has 0 aliphatic rings. The van der Waals surface area contributed by atoms with Gasteiger partial charge in [-0.1, -0.05) is 29.3 Å². The van der Waals surface area contributed by atoms with E-state index < -0.39 is 0 Å². The fourth-order valence-corrected chi connectivity index (χ4v) is 2.49. The quantitative estimate of drug-likeness (QED) is 0.873. The van der Waals surface area contributed by atoms with Crippen LogP contribution in [0.15, 0.2) is 36.7 Å². The number of nitrogens with zero attached hydrogens (tertiary/aromatic N) is 1. The molecule has 5 heteroatoms. The first-order valence-electron chi connectivity index (χ1n) is 6.41. The monoisotopic (exact) mass is 310 g/mol. The van der Waals surface area contributed by atoms with Crippen LogP contribution in [0.25, 0.3) is 0 Å². The van der Waals surface area contributed by atoms with Gasteiger partial charge in [0.25, 0.3) is 0 Å². The van der Waals surface area contributed by atoms with E-state index in [1.807, 2.05) is 37.4 Å². The van der Waals surface area contributed by atoms with E-state index >= 15 is 0 Å². The maximum Gasteiger partial charge on any atom is 0.156 e. The molecule has 1 aromatic heterocycles. The molecule has 0 aliphatic heterocycles. The van der Waals surface area contributed by atoms with Crippen molar-refractivity contribution in [2.24, 2.45) is 0 Å². The van der Waals surface area contributed by atoms with Crippen molar-refractivity contribution in [3.8, 4) is 5.75 Å². The van der Waals surface area contributed by atoms with Gasteiger partial charge >= 0.3 is 0 Å². The summed E-state index contributed by atoms with van der Waals surface area (Å²) in [6.45, 7) is 3.87. The van der Waals surface area contributed by atoms with Crippen molar-refractivity contribution in [2.75, 3.05) is 6.61 Å². The van der Waals surface area contributed by atoms with Crippen LogP contribution in [0, 0.1) is 0 Å². The molecule has 2 rings (SSSR count). The lowest BCUT2D eigenvalue weighted by atomic mass is 10.2. The summed E-state index contributed by atoms with van der Waals surface area (Å²) < 4.78 is 5.40. The molecule has 20 heavy (non-hydrogen) atoms. The highest BCUT2D eigenvalue weighted by Gasteiger charge is 2.09. The van der Waals surface area contributed by atoms with Crippen molar-refractivity contribution in [1.29, 1.82) is 0 Å². The van der Waals surface area contributed by atoms with Crippen LogP contribution in [0.1, 0.15) is 18.1 Å². The summed E-state index contributed by atoms with van der Waals surface area (Å²) in [5.74, 6) is 0.548. The summed E-state index contributed by atoms with van der Waals surface area (Å²) in [6.07, 6.45) is 3.60. The topological polar surface area (TPSA) is 34.1 Å². The smallest absolute Gasteiger partial charge is 0.156 e. The van der Waals surface area contributed by atoms with Crippen molar-refractivity contribution in [3.05, 3.63) is 57.8 Å². The van der Waals surface area contributed by atoms with Crippen LogP contribution in [0.4, 0.5) is 0 Å². The van der Waals surface area contributed by atoms with Crippen molar-refractivity contribution in [2.45, 2.75) is 20.0 Å². The van der Waals surface area contributed by atoms with Crippen molar-refractivity contribution < 1.29 is 4.74 Å². The lowest BCUT2D eigenvalue weighted by Gasteiger charge is -2.11. The second kappa shape index (κ2) is 7.48. The molecule has 0 saturated heterocycles. The maximum atomic E-state index is 6.16. The third-order valence-electron chi connectivity index (χ3n) is 2.73. The minimum atomic E-state index is 0.539. The Kier molecular flexibility index (Phi) is 5.65. The normalized spacial score (nSPS) is 10.6. The first-order valence-corrected chi connectivity index (χ1v) is 7.16. The molecule has 1 heterocycles. The zero-order valence-electron chi connectivity index (χ0n) is 11.2. The molecule has 0 unspecified atom stereocenters. The molecule has 1 N–H and O–H groups in total. The minimum Gasteiger partial charge on any atom is -0.491 e. The lowest BCUT2D eigenvalue weighted by molar-refractivity contribution is 0.340. The average molecular weight is 311 g/mol. The fourth-order valence-electron chi connectivity index (χ4n) is 1.85. The first kappa shape index (κ1) is 15.1. The summed E-state index contributed by atoms with van der Waals surface area (Å²) >= 11 is 12.3. The third-order valence-corrected chi connectivity index (χ3v) is 3.29. The highest BCUT2D eigenvalue weighted by Crippen LogP contribution is 2.34. The molecule has 0 fully saturated rings. The number of ether oxygens (including phenoxy) is 1. The number of hydrogen-bond acceptors (Lipinski definition) is 3. The number of aromatic nitrogens is 1. The number of halogens is 2. The Labute approximate surface area is 128 Å². The molecule has 3 nitrogen and oxygen atoms in total. The fraction of sp³-hybridized carbons (Fsp3) is 0.267. The average Bonchev–Trinajstić information content (AvgIpc) is 2.44. The van der Waals surface area contributed by atoms with E-state index in [1.165, 1.54) is 0 Å². The van der Waals surface area contributed by atoms with Crippen LogP contribution in [0.2, 0.25) is 10.0 Å². The number of nitrogens with one attached hydrogen (secondary N) is 1. The third kappa shape index (κ3) is 4.10. The molecule has 0 aliphatic carbocycles. The van der Waals surface area contributed by atoms with Crippen molar-refractivity contribution in [1.82, 2.24) is 10.3 Å². The molecule has 0 spiro atoms. The van der Waals surface area contributed by atoms with Crippen molar-refractivity contribution >= 4 is 23.2 Å². The van der Waals surface area contributed by atoms with Crippen LogP contribution in [0.5, 0.6) is 5.75 Å². The van der Waals surface area contributed by atoms with E-state index in [9.17, 15) is 0 Å². The highest BCUT2D eigenvalue weighted by atomic mass is 35.5. The van der Waals surface area contributed by atoms with Gasteiger partial charge in [-0.05, 0) is 36.2 Å². The standard InChI is InChI=1S/C15H16Cl2N2O/c1-2-20-15-13(16)6-12(7-14(15)17)10-19-9-11-4-3-5-18-8-11/h3-8,19H,2,9-10H2,1H3. The van der Waals surface area contributed by atoms with E-state index in [1.54, 1.807) is 6.20 Å². The van der Waals surface area contributed by atoms with Gasteiger partial charge in [-0.25, -0.2) is 0 Å². The van der Waals surface area contributed by atoms with Gasteiger partial charge in [0.2, 0.25) is 0 Å². The zero-order valence-corrected chi connectivity index (χ0v) is 12.7. The van der Waals surface area contributed by atoms with Gasteiger partial charge in [-0.15, -0.1) is 0 Å². The van der Waals surface area contributed by atoms with Gasteiger partial charge in [0.15, 0.2) is 5.75 Å². The zero-order chi connectivity index (χ0) is 14.4. The van der Waals surface area contributed by atoms with Gasteiger partial charge in [0, 0.05) is 25.5 Å². The highest BCUT2D eigenvalue weighted by molar-refractivity contribution is 6.37. The molecule has 0 saturated carbocycles. The predicted octanol–water partition coefficient (Wildman–Crippen LogP) is 4.08. The Morgan fingerprint density at radius 2 is 1.85 bits per heavy atom. The summed E-state index contributed by atoms with van der Waals surface area (Å²) in [7, 11) is 0. The van der Waals surface area contributed by atoms with Gasteiger partial charge < -0.3 is 10.1 Å². The maximum absolute atomic E-state index is 6.16. The minimum absolute atomic E-state index is 0.539.